The fraction of sp³-hybridized carbons (Fsp3) is 0.471. The fourth-order valence-corrected chi connectivity index (χ4v) is 3.46. The first-order valence-electron chi connectivity index (χ1n) is 7.58. The first kappa shape index (κ1) is 15.2. The molecule has 5 heteroatoms. The van der Waals surface area contributed by atoms with E-state index in [4.69, 9.17) is 4.74 Å². The van der Waals surface area contributed by atoms with Gasteiger partial charge in [0.1, 0.15) is 6.10 Å². The molecule has 22 heavy (non-hydrogen) atoms. The Balaban J connectivity index is 1.58. The molecule has 0 radical (unpaired) electrons. The maximum atomic E-state index is 11.9. The van der Waals surface area contributed by atoms with Crippen LogP contribution in [-0.4, -0.2) is 58.5 Å². The molecule has 0 aromatic heterocycles. The van der Waals surface area contributed by atoms with Gasteiger partial charge in [0.15, 0.2) is 0 Å². The molecule has 0 spiro atoms. The summed E-state index contributed by atoms with van der Waals surface area (Å²) < 4.78 is 5.46. The number of fused-ring (bicyclic) bond motifs is 2. The molecule has 2 N–H and O–H groups in total. The van der Waals surface area contributed by atoms with Crippen molar-refractivity contribution in [3.05, 3.63) is 42.0 Å². The number of esters is 1. The summed E-state index contributed by atoms with van der Waals surface area (Å²) in [5, 5.41) is 20.0. The van der Waals surface area contributed by atoms with Gasteiger partial charge in [-0.1, -0.05) is 30.3 Å². The quantitative estimate of drug-likeness (QED) is 0.639. The first-order valence-corrected chi connectivity index (χ1v) is 7.58. The number of likely N-dealkylation sites (N-methyl/N-ethyl adjacent to an activating group) is 1. The highest BCUT2D eigenvalue weighted by molar-refractivity contribution is 5.87. The highest BCUT2D eigenvalue weighted by atomic mass is 16.5. The van der Waals surface area contributed by atoms with Crippen LogP contribution in [0.2, 0.25) is 0 Å². The van der Waals surface area contributed by atoms with Crippen LogP contribution in [0.1, 0.15) is 18.4 Å². The van der Waals surface area contributed by atoms with Crippen molar-refractivity contribution >= 4 is 12.0 Å². The minimum Gasteiger partial charge on any atom is -0.459 e. The van der Waals surface area contributed by atoms with Crippen molar-refractivity contribution < 1.29 is 19.7 Å². The molecule has 0 aliphatic carbocycles. The van der Waals surface area contributed by atoms with Gasteiger partial charge in [-0.15, -0.1) is 0 Å². The highest BCUT2D eigenvalue weighted by Crippen LogP contribution is 2.36. The lowest BCUT2D eigenvalue weighted by atomic mass is 10.00. The maximum Gasteiger partial charge on any atom is 0.331 e. The maximum absolute atomic E-state index is 11.9. The Kier molecular flexibility index (Phi) is 4.29. The van der Waals surface area contributed by atoms with Gasteiger partial charge in [0.2, 0.25) is 0 Å². The summed E-state index contributed by atoms with van der Waals surface area (Å²) >= 11 is 0. The summed E-state index contributed by atoms with van der Waals surface area (Å²) in [6.07, 6.45) is 2.45. The van der Waals surface area contributed by atoms with E-state index < -0.39 is 12.2 Å². The summed E-state index contributed by atoms with van der Waals surface area (Å²) in [6.45, 7) is 0. The van der Waals surface area contributed by atoms with E-state index in [1.54, 1.807) is 6.08 Å². The van der Waals surface area contributed by atoms with E-state index in [1.807, 2.05) is 42.3 Å². The second-order valence-electron chi connectivity index (χ2n) is 6.06. The number of nitrogens with zero attached hydrogens (tertiary/aromatic N) is 1. The molecule has 2 fully saturated rings. The topological polar surface area (TPSA) is 70.0 Å². The number of aliphatic hydroxyl groups excluding tert-OH is 2. The molecule has 2 bridgehead atoms. The lowest BCUT2D eigenvalue weighted by Gasteiger charge is -2.35. The smallest absolute Gasteiger partial charge is 0.331 e. The van der Waals surface area contributed by atoms with Crippen molar-refractivity contribution in [2.75, 3.05) is 7.05 Å². The largest absolute Gasteiger partial charge is 0.459 e. The molecule has 2 aliphatic heterocycles. The number of carbonyl (C=O) groups is 1. The summed E-state index contributed by atoms with van der Waals surface area (Å²) in [4.78, 5) is 13.9. The van der Waals surface area contributed by atoms with E-state index in [-0.39, 0.29) is 24.2 Å². The second-order valence-corrected chi connectivity index (χ2v) is 6.06. The number of hydrogen-bond donors (Lipinski definition) is 2. The van der Waals surface area contributed by atoms with Gasteiger partial charge >= 0.3 is 5.97 Å². The number of aliphatic hydroxyl groups is 2. The van der Waals surface area contributed by atoms with Crippen molar-refractivity contribution in [3.8, 4) is 0 Å². The molecule has 0 saturated carbocycles. The summed E-state index contributed by atoms with van der Waals surface area (Å²) in [5.41, 5.74) is 0.939. The van der Waals surface area contributed by atoms with Gasteiger partial charge in [-0.3, -0.25) is 4.90 Å². The fourth-order valence-electron chi connectivity index (χ4n) is 3.46. The highest BCUT2D eigenvalue weighted by Gasteiger charge is 2.51. The van der Waals surface area contributed by atoms with Crippen LogP contribution in [-0.2, 0) is 9.53 Å². The Morgan fingerprint density at radius 3 is 2.36 bits per heavy atom. The normalized spacial score (nSPS) is 35.0. The van der Waals surface area contributed by atoms with Crippen LogP contribution >= 0.6 is 0 Å². The van der Waals surface area contributed by atoms with Gasteiger partial charge in [0.05, 0.1) is 12.2 Å². The molecule has 1 aromatic rings. The van der Waals surface area contributed by atoms with Crippen molar-refractivity contribution in [1.82, 2.24) is 4.90 Å². The van der Waals surface area contributed by atoms with Crippen molar-refractivity contribution in [1.29, 1.82) is 0 Å². The summed E-state index contributed by atoms with van der Waals surface area (Å²) in [7, 11) is 1.89. The Morgan fingerprint density at radius 1 is 1.18 bits per heavy atom. The molecule has 2 aliphatic rings. The van der Waals surface area contributed by atoms with Gasteiger partial charge in [-0.05, 0) is 18.7 Å². The number of carbonyl (C=O) groups excluding carboxylic acids is 1. The molecule has 5 nitrogen and oxygen atoms in total. The van der Waals surface area contributed by atoms with Crippen LogP contribution in [0, 0.1) is 0 Å². The van der Waals surface area contributed by atoms with Crippen LogP contribution in [0.25, 0.3) is 6.08 Å². The van der Waals surface area contributed by atoms with Crippen LogP contribution < -0.4 is 0 Å². The van der Waals surface area contributed by atoms with Gasteiger partial charge < -0.3 is 14.9 Å². The van der Waals surface area contributed by atoms with E-state index in [1.165, 1.54) is 6.08 Å². The van der Waals surface area contributed by atoms with Crippen molar-refractivity contribution in [2.24, 2.45) is 0 Å². The molecule has 0 amide bonds. The molecular weight excluding hydrogens is 282 g/mol. The third kappa shape index (κ3) is 2.92. The molecule has 2 saturated heterocycles. The average molecular weight is 303 g/mol. The number of ether oxygens (including phenoxy) is 1. The number of hydrogen-bond acceptors (Lipinski definition) is 5. The predicted octanol–water partition coefficient (Wildman–Crippen LogP) is 0.810. The molecular formula is C17H21NO4. The van der Waals surface area contributed by atoms with Gasteiger partial charge in [0, 0.05) is 31.0 Å². The molecule has 4 atom stereocenters. The third-order valence-corrected chi connectivity index (χ3v) is 4.69. The SMILES string of the molecule is CN1C2CC(OC(=O)C=Cc3ccccc3)CC1C(O)C2O. The summed E-state index contributed by atoms with van der Waals surface area (Å²) in [5.74, 6) is -0.387. The van der Waals surface area contributed by atoms with Gasteiger partial charge in [0.25, 0.3) is 0 Å². The van der Waals surface area contributed by atoms with Crippen molar-refractivity contribution in [2.45, 2.75) is 43.2 Å². The van der Waals surface area contributed by atoms with E-state index in [2.05, 4.69) is 0 Å². The van der Waals surface area contributed by atoms with Crippen LogP contribution in [0.5, 0.6) is 0 Å². The van der Waals surface area contributed by atoms with Crippen LogP contribution in [0.4, 0.5) is 0 Å². The molecule has 3 rings (SSSR count). The van der Waals surface area contributed by atoms with E-state index in [0.717, 1.165) is 5.56 Å². The predicted molar refractivity (Wildman–Crippen MR) is 81.9 cm³/mol. The number of rotatable bonds is 3. The average Bonchev–Trinajstić information content (AvgIpc) is 2.65. The lowest BCUT2D eigenvalue weighted by molar-refractivity contribution is -0.146. The number of benzene rings is 1. The molecule has 2 heterocycles. The lowest BCUT2D eigenvalue weighted by Crippen LogP contribution is -2.45. The number of piperidine rings is 1. The monoisotopic (exact) mass is 303 g/mol. The minimum absolute atomic E-state index is 0.148. The Morgan fingerprint density at radius 2 is 1.77 bits per heavy atom. The van der Waals surface area contributed by atoms with Crippen LogP contribution in [0.3, 0.4) is 0 Å². The first-order chi connectivity index (χ1) is 10.6. The standard InChI is InChI=1S/C17H21NO4/c1-18-13-9-12(10-14(18)17(21)16(13)20)22-15(19)8-7-11-5-3-2-4-6-11/h2-8,12-14,16-17,20-21H,9-10H2,1H3. The Bertz CT molecular complexity index is 533. The van der Waals surface area contributed by atoms with Gasteiger partial charge in [-0.25, -0.2) is 4.79 Å². The Labute approximate surface area is 129 Å². The minimum atomic E-state index is -0.765. The van der Waals surface area contributed by atoms with E-state index >= 15 is 0 Å². The second kappa shape index (κ2) is 6.20. The molecule has 1 aromatic carbocycles. The van der Waals surface area contributed by atoms with E-state index in [9.17, 15) is 15.0 Å². The Hall–Kier alpha value is -1.69. The van der Waals surface area contributed by atoms with E-state index in [0.29, 0.717) is 12.8 Å². The van der Waals surface area contributed by atoms with Gasteiger partial charge in [-0.2, -0.15) is 0 Å². The summed E-state index contributed by atoms with van der Waals surface area (Å²) in [6, 6.07) is 9.25. The molecule has 4 unspecified atom stereocenters. The molecule has 118 valence electrons. The zero-order valence-corrected chi connectivity index (χ0v) is 12.5. The zero-order valence-electron chi connectivity index (χ0n) is 12.5. The van der Waals surface area contributed by atoms with Crippen molar-refractivity contribution in [3.63, 3.8) is 0 Å². The third-order valence-electron chi connectivity index (χ3n) is 4.69. The zero-order chi connectivity index (χ0) is 15.7. The van der Waals surface area contributed by atoms with Crippen LogP contribution in [0.15, 0.2) is 36.4 Å².